The Bertz CT molecular complexity index is 999. The number of H-pyrrole nitrogens is 1. The van der Waals surface area contributed by atoms with Crippen molar-refractivity contribution < 1.29 is 9.18 Å². The highest BCUT2D eigenvalue weighted by Crippen LogP contribution is 2.21. The summed E-state index contributed by atoms with van der Waals surface area (Å²) in [5, 5.41) is 4.17. The highest BCUT2D eigenvalue weighted by molar-refractivity contribution is 6.31. The molecule has 9 heteroatoms. The Labute approximate surface area is 179 Å². The number of rotatable bonds is 7. The summed E-state index contributed by atoms with van der Waals surface area (Å²) in [6, 6.07) is 1.70. The van der Waals surface area contributed by atoms with Crippen molar-refractivity contribution in [3.05, 3.63) is 53.3 Å². The van der Waals surface area contributed by atoms with E-state index in [1.165, 1.54) is 6.20 Å². The molecule has 2 aromatic heterocycles. The van der Waals surface area contributed by atoms with Gasteiger partial charge in [0.05, 0.1) is 5.02 Å². The van der Waals surface area contributed by atoms with Crippen molar-refractivity contribution in [2.75, 3.05) is 13.1 Å². The summed E-state index contributed by atoms with van der Waals surface area (Å²) in [7, 11) is 0. The molecule has 3 heterocycles. The topological polar surface area (TPSA) is 99.4 Å². The molecule has 1 atom stereocenters. The van der Waals surface area contributed by atoms with E-state index in [0.717, 1.165) is 31.9 Å². The minimum absolute atomic E-state index is 0.0219. The molecule has 1 amide bonds. The number of amidine groups is 1. The fourth-order valence-corrected chi connectivity index (χ4v) is 3.76. The van der Waals surface area contributed by atoms with E-state index < -0.39 is 5.83 Å². The van der Waals surface area contributed by atoms with Gasteiger partial charge in [-0.25, -0.2) is 14.4 Å². The van der Waals surface area contributed by atoms with Crippen molar-refractivity contribution in [2.45, 2.75) is 38.6 Å². The second-order valence-corrected chi connectivity index (χ2v) is 7.56. The van der Waals surface area contributed by atoms with Gasteiger partial charge in [-0.3, -0.25) is 4.79 Å². The number of carbonyl (C=O) groups excluding carboxylic acids is 1. The number of pyridine rings is 1. The fourth-order valence-electron chi connectivity index (χ4n) is 3.60. The van der Waals surface area contributed by atoms with E-state index >= 15 is 0 Å². The number of aromatic amines is 1. The maximum atomic E-state index is 14.5. The normalized spacial score (nSPS) is 18.3. The average molecular weight is 433 g/mol. The highest BCUT2D eigenvalue weighted by atomic mass is 35.5. The smallest absolute Gasteiger partial charge is 0.222 e. The van der Waals surface area contributed by atoms with Crippen LogP contribution in [0.15, 0.2) is 47.8 Å². The van der Waals surface area contributed by atoms with Gasteiger partial charge in [-0.1, -0.05) is 25.1 Å². The lowest BCUT2D eigenvalue weighted by Crippen LogP contribution is -2.48. The number of hydrogen-bond acceptors (Lipinski definition) is 4. The van der Waals surface area contributed by atoms with Crippen LogP contribution in [0.2, 0.25) is 5.02 Å². The summed E-state index contributed by atoms with van der Waals surface area (Å²) < 4.78 is 14.5. The predicted molar refractivity (Wildman–Crippen MR) is 118 cm³/mol. The number of carbonyl (C=O) groups is 1. The number of hydrogen-bond donors (Lipinski definition) is 3. The molecule has 7 nitrogen and oxygen atoms in total. The molecule has 1 fully saturated rings. The fraction of sp³-hybridized carbons (Fsp3) is 0.381. The number of aliphatic imine (C=N–C) groups is 1. The summed E-state index contributed by atoms with van der Waals surface area (Å²) in [6.07, 6.45) is 7.55. The minimum Gasteiger partial charge on any atom is -0.383 e. The molecule has 1 unspecified atom stereocenters. The van der Waals surface area contributed by atoms with E-state index in [9.17, 15) is 9.18 Å². The van der Waals surface area contributed by atoms with Crippen molar-refractivity contribution in [3.8, 4) is 0 Å². The zero-order valence-corrected chi connectivity index (χ0v) is 17.7. The van der Waals surface area contributed by atoms with Crippen molar-refractivity contribution in [3.63, 3.8) is 0 Å². The molecule has 4 N–H and O–H groups in total. The largest absolute Gasteiger partial charge is 0.383 e. The lowest BCUT2D eigenvalue weighted by Gasteiger charge is -2.36. The van der Waals surface area contributed by atoms with Gasteiger partial charge in [0, 0.05) is 48.9 Å². The first-order valence-electron chi connectivity index (χ1n) is 9.97. The molecule has 0 saturated carbocycles. The Morgan fingerprint density at radius 2 is 2.37 bits per heavy atom. The average Bonchev–Trinajstić information content (AvgIpc) is 3.18. The van der Waals surface area contributed by atoms with Crippen LogP contribution in [-0.4, -0.2) is 45.7 Å². The predicted octanol–water partition coefficient (Wildman–Crippen LogP) is 3.63. The van der Waals surface area contributed by atoms with Crippen LogP contribution in [0.25, 0.3) is 11.0 Å². The Morgan fingerprint density at radius 3 is 3.10 bits per heavy atom. The minimum atomic E-state index is -0.627. The molecule has 1 saturated heterocycles. The molecule has 160 valence electrons. The van der Waals surface area contributed by atoms with Crippen LogP contribution in [0.4, 0.5) is 4.39 Å². The molecule has 30 heavy (non-hydrogen) atoms. The molecule has 2 aromatic rings. The summed E-state index contributed by atoms with van der Waals surface area (Å²) in [6.45, 7) is 6.42. The Balaban J connectivity index is 1.83. The number of fused-ring (bicyclic) bond motifs is 1. The number of halogens is 2. The first-order valence-corrected chi connectivity index (χ1v) is 10.3. The quantitative estimate of drug-likeness (QED) is 0.353. The molecule has 0 aromatic carbocycles. The number of amides is 1. The second-order valence-electron chi connectivity index (χ2n) is 7.12. The summed E-state index contributed by atoms with van der Waals surface area (Å²) >= 11 is 6.03. The molecule has 0 bridgehead atoms. The number of nitrogens with one attached hydrogen (secondary N) is 2. The van der Waals surface area contributed by atoms with Gasteiger partial charge in [-0.05, 0) is 31.4 Å². The number of allylic oxidation sites excluding steroid dienone is 2. The van der Waals surface area contributed by atoms with Crippen LogP contribution in [0, 0.1) is 0 Å². The van der Waals surface area contributed by atoms with E-state index in [1.807, 2.05) is 11.8 Å². The van der Waals surface area contributed by atoms with Crippen LogP contribution in [0.5, 0.6) is 0 Å². The third kappa shape index (κ3) is 4.81. The zero-order valence-electron chi connectivity index (χ0n) is 16.9. The molecular formula is C21H26ClFN6O. The molecule has 1 aliphatic heterocycles. The van der Waals surface area contributed by atoms with Gasteiger partial charge < -0.3 is 20.9 Å². The molecule has 0 spiro atoms. The monoisotopic (exact) mass is 432 g/mol. The lowest BCUT2D eigenvalue weighted by molar-refractivity contribution is -0.134. The maximum Gasteiger partial charge on any atom is 0.222 e. The number of piperidine rings is 1. The summed E-state index contributed by atoms with van der Waals surface area (Å²) in [4.78, 5) is 25.5. The third-order valence-electron chi connectivity index (χ3n) is 5.17. The number of nitrogens with zero attached hydrogens (tertiary/aromatic N) is 3. The Kier molecular flexibility index (Phi) is 7.10. The summed E-state index contributed by atoms with van der Waals surface area (Å²) in [5.41, 5.74) is 7.34. The first kappa shape index (κ1) is 21.8. The van der Waals surface area contributed by atoms with Crippen LogP contribution in [-0.2, 0) is 4.79 Å². The van der Waals surface area contributed by atoms with E-state index in [-0.39, 0.29) is 23.6 Å². The highest BCUT2D eigenvalue weighted by Gasteiger charge is 2.25. The van der Waals surface area contributed by atoms with Gasteiger partial charge in [0.1, 0.15) is 11.5 Å². The van der Waals surface area contributed by atoms with Crippen LogP contribution in [0.3, 0.4) is 0 Å². The van der Waals surface area contributed by atoms with Crippen molar-refractivity contribution >= 4 is 34.4 Å². The lowest BCUT2D eigenvalue weighted by atomic mass is 10.0. The molecule has 3 rings (SSSR count). The van der Waals surface area contributed by atoms with Gasteiger partial charge in [-0.2, -0.15) is 0 Å². The summed E-state index contributed by atoms with van der Waals surface area (Å²) in [5.74, 6) is -0.447. The van der Waals surface area contributed by atoms with Crippen LogP contribution in [0.1, 0.15) is 38.2 Å². The zero-order chi connectivity index (χ0) is 21.7. The Hall–Kier alpha value is -2.87. The van der Waals surface area contributed by atoms with Crippen molar-refractivity contribution in [1.82, 2.24) is 20.2 Å². The van der Waals surface area contributed by atoms with Gasteiger partial charge in [0.15, 0.2) is 11.6 Å². The van der Waals surface area contributed by atoms with Crippen LogP contribution >= 0.6 is 11.6 Å². The third-order valence-corrected chi connectivity index (χ3v) is 5.37. The number of aromatic nitrogens is 2. The number of nitrogens with two attached hydrogens (primary N) is 1. The maximum absolute atomic E-state index is 14.5. The molecule has 1 aliphatic rings. The SMILES string of the molecule is C=C/C(F)=C(\N=C(N)c1c[nH]c2ncc(Cl)cc12)NCC1CCCCN1C(=O)CC. The molecule has 0 radical (unpaired) electrons. The van der Waals surface area contributed by atoms with E-state index in [2.05, 4.69) is 26.9 Å². The van der Waals surface area contributed by atoms with Gasteiger partial charge >= 0.3 is 0 Å². The van der Waals surface area contributed by atoms with E-state index in [0.29, 0.717) is 34.6 Å². The standard InChI is InChI=1S/C21H26ClFN6O/c1-3-17(23)21(26-11-14-7-5-6-8-29(14)18(30)4-2)28-19(24)16-12-27-20-15(16)9-13(22)10-25-20/h3,9-10,12,14,26H,1,4-8,11H2,2H3,(H2,24,28)(H,25,27)/b21-17+. The van der Waals surface area contributed by atoms with E-state index in [1.54, 1.807) is 12.3 Å². The van der Waals surface area contributed by atoms with Gasteiger partial charge in [-0.15, -0.1) is 0 Å². The molecular weight excluding hydrogens is 407 g/mol. The van der Waals surface area contributed by atoms with Crippen molar-refractivity contribution in [1.29, 1.82) is 0 Å². The molecule has 0 aliphatic carbocycles. The van der Waals surface area contributed by atoms with E-state index in [4.69, 9.17) is 17.3 Å². The van der Waals surface area contributed by atoms with Crippen molar-refractivity contribution in [2.24, 2.45) is 10.7 Å². The number of likely N-dealkylation sites (tertiary alicyclic amines) is 1. The first-order chi connectivity index (χ1) is 14.4. The van der Waals surface area contributed by atoms with Gasteiger partial charge in [0.25, 0.3) is 0 Å². The van der Waals surface area contributed by atoms with Gasteiger partial charge in [0.2, 0.25) is 5.91 Å². The Morgan fingerprint density at radius 1 is 1.57 bits per heavy atom. The second kappa shape index (κ2) is 9.75. The van der Waals surface area contributed by atoms with Crippen LogP contribution < -0.4 is 11.1 Å².